The van der Waals surface area contributed by atoms with E-state index in [0.29, 0.717) is 17.9 Å². The second kappa shape index (κ2) is 5.70. The lowest BCUT2D eigenvalue weighted by molar-refractivity contribution is 0.101. The molecule has 1 aromatic carbocycles. The summed E-state index contributed by atoms with van der Waals surface area (Å²) in [5.74, 6) is -1.90. The first-order valence-electron chi connectivity index (χ1n) is 5.92. The average Bonchev–Trinajstić information content (AvgIpc) is 2.77. The molecule has 0 aliphatic rings. The summed E-state index contributed by atoms with van der Waals surface area (Å²) in [6.07, 6.45) is 0. The Morgan fingerprint density at radius 2 is 2.05 bits per heavy atom. The number of anilines is 1. The van der Waals surface area contributed by atoms with Crippen LogP contribution in [0.3, 0.4) is 0 Å². The lowest BCUT2D eigenvalue weighted by Gasteiger charge is -2.08. The Bertz CT molecular complexity index is 670. The molecule has 4 nitrogen and oxygen atoms in total. The van der Waals surface area contributed by atoms with Crippen LogP contribution in [0.25, 0.3) is 0 Å². The van der Waals surface area contributed by atoms with Gasteiger partial charge in [-0.05, 0) is 41.9 Å². The van der Waals surface area contributed by atoms with Crippen LogP contribution in [-0.4, -0.2) is 15.7 Å². The van der Waals surface area contributed by atoms with Gasteiger partial charge in [-0.2, -0.15) is 5.10 Å². The minimum Gasteiger partial charge on any atom is -0.318 e. The van der Waals surface area contributed by atoms with Crippen molar-refractivity contribution in [1.29, 1.82) is 0 Å². The van der Waals surface area contributed by atoms with Crippen LogP contribution in [0.4, 0.5) is 14.5 Å². The zero-order chi connectivity index (χ0) is 14.9. The number of amides is 1. The molecule has 0 aliphatic carbocycles. The second-order valence-electron chi connectivity index (χ2n) is 4.19. The largest absolute Gasteiger partial charge is 0.318 e. The van der Waals surface area contributed by atoms with Crippen molar-refractivity contribution in [3.63, 3.8) is 0 Å². The van der Waals surface area contributed by atoms with Crippen LogP contribution in [0.2, 0.25) is 0 Å². The number of benzene rings is 1. The molecule has 106 valence electrons. The Morgan fingerprint density at radius 1 is 1.35 bits per heavy atom. The van der Waals surface area contributed by atoms with Gasteiger partial charge in [0.25, 0.3) is 5.91 Å². The SMILES string of the molecule is CCn1nc(C)cc1C(=O)Nc1cc(F)c(Br)cc1F. The van der Waals surface area contributed by atoms with Gasteiger partial charge >= 0.3 is 0 Å². The molecule has 0 radical (unpaired) electrons. The molecule has 0 unspecified atom stereocenters. The summed E-state index contributed by atoms with van der Waals surface area (Å²) >= 11 is 2.88. The third-order valence-corrected chi connectivity index (χ3v) is 3.30. The van der Waals surface area contributed by atoms with E-state index in [0.717, 1.165) is 12.1 Å². The number of halogens is 3. The van der Waals surface area contributed by atoms with Gasteiger partial charge in [-0.15, -0.1) is 0 Å². The number of aromatic nitrogens is 2. The summed E-state index contributed by atoms with van der Waals surface area (Å²) in [7, 11) is 0. The molecule has 1 aromatic heterocycles. The lowest BCUT2D eigenvalue weighted by Crippen LogP contribution is -2.18. The molecule has 0 atom stereocenters. The van der Waals surface area contributed by atoms with Crippen LogP contribution < -0.4 is 5.32 Å². The molecule has 0 bridgehead atoms. The first-order valence-corrected chi connectivity index (χ1v) is 6.72. The Morgan fingerprint density at radius 3 is 2.70 bits per heavy atom. The normalized spacial score (nSPS) is 10.7. The smallest absolute Gasteiger partial charge is 0.274 e. The molecule has 2 aromatic rings. The van der Waals surface area contributed by atoms with Crippen molar-refractivity contribution in [3.8, 4) is 0 Å². The standard InChI is InChI=1S/C13H12BrF2N3O/c1-3-19-12(4-7(2)18-19)13(20)17-11-6-9(15)8(14)5-10(11)16/h4-6H,3H2,1-2H3,(H,17,20). The molecule has 0 saturated heterocycles. The van der Waals surface area contributed by atoms with Gasteiger partial charge in [0.1, 0.15) is 17.3 Å². The molecule has 0 spiro atoms. The van der Waals surface area contributed by atoms with Gasteiger partial charge < -0.3 is 5.32 Å². The van der Waals surface area contributed by atoms with Crippen molar-refractivity contribution >= 4 is 27.5 Å². The highest BCUT2D eigenvalue weighted by Crippen LogP contribution is 2.23. The number of hydrogen-bond acceptors (Lipinski definition) is 2. The Hall–Kier alpha value is -1.76. The summed E-state index contributed by atoms with van der Waals surface area (Å²) in [6, 6.07) is 3.48. The fourth-order valence-corrected chi connectivity index (χ4v) is 2.09. The number of carbonyl (C=O) groups excluding carboxylic acids is 1. The molecule has 1 heterocycles. The molecule has 0 aliphatic heterocycles. The van der Waals surface area contributed by atoms with Crippen molar-refractivity contribution < 1.29 is 13.6 Å². The molecule has 0 fully saturated rings. The fraction of sp³-hybridized carbons (Fsp3) is 0.231. The molecule has 7 heteroatoms. The van der Waals surface area contributed by atoms with E-state index >= 15 is 0 Å². The van der Waals surface area contributed by atoms with E-state index in [9.17, 15) is 13.6 Å². The van der Waals surface area contributed by atoms with E-state index < -0.39 is 17.5 Å². The van der Waals surface area contributed by atoms with Gasteiger partial charge in [0.2, 0.25) is 0 Å². The van der Waals surface area contributed by atoms with Crippen LogP contribution in [0, 0.1) is 18.6 Å². The molecule has 0 saturated carbocycles. The first kappa shape index (κ1) is 14.6. The van der Waals surface area contributed by atoms with E-state index in [-0.39, 0.29) is 10.2 Å². The monoisotopic (exact) mass is 343 g/mol. The maximum atomic E-state index is 13.7. The van der Waals surface area contributed by atoms with Crippen molar-refractivity contribution in [2.24, 2.45) is 0 Å². The number of hydrogen-bond donors (Lipinski definition) is 1. The van der Waals surface area contributed by atoms with Crippen molar-refractivity contribution in [2.45, 2.75) is 20.4 Å². The second-order valence-corrected chi connectivity index (χ2v) is 5.04. The minimum absolute atomic E-state index is 0.00226. The van der Waals surface area contributed by atoms with E-state index in [2.05, 4.69) is 26.3 Å². The minimum atomic E-state index is -0.717. The Kier molecular flexibility index (Phi) is 4.17. The van der Waals surface area contributed by atoms with Gasteiger partial charge in [0.05, 0.1) is 15.9 Å². The number of carbonyl (C=O) groups is 1. The maximum absolute atomic E-state index is 13.7. The predicted octanol–water partition coefficient (Wildman–Crippen LogP) is 3.50. The Labute approximate surface area is 122 Å². The summed E-state index contributed by atoms with van der Waals surface area (Å²) in [5, 5.41) is 6.47. The Balaban J connectivity index is 2.30. The molecular weight excluding hydrogens is 332 g/mol. The van der Waals surface area contributed by atoms with Crippen LogP contribution in [0.15, 0.2) is 22.7 Å². The number of aryl methyl sites for hydroxylation is 2. The van der Waals surface area contributed by atoms with E-state index in [1.54, 1.807) is 13.0 Å². The molecule has 2 rings (SSSR count). The third kappa shape index (κ3) is 2.87. The van der Waals surface area contributed by atoms with Gasteiger partial charge in [0.15, 0.2) is 0 Å². The zero-order valence-corrected chi connectivity index (χ0v) is 12.5. The highest BCUT2D eigenvalue weighted by Gasteiger charge is 2.16. The number of nitrogens with one attached hydrogen (secondary N) is 1. The summed E-state index contributed by atoms with van der Waals surface area (Å²) in [6.45, 7) is 4.10. The third-order valence-electron chi connectivity index (χ3n) is 2.69. The fourth-order valence-electron chi connectivity index (χ4n) is 1.77. The highest BCUT2D eigenvalue weighted by molar-refractivity contribution is 9.10. The summed E-state index contributed by atoms with van der Waals surface area (Å²) in [4.78, 5) is 12.1. The van der Waals surface area contributed by atoms with Gasteiger partial charge in [0, 0.05) is 12.6 Å². The zero-order valence-electron chi connectivity index (χ0n) is 10.9. The molecular formula is C13H12BrF2N3O. The van der Waals surface area contributed by atoms with Crippen molar-refractivity contribution in [1.82, 2.24) is 9.78 Å². The van der Waals surface area contributed by atoms with Gasteiger partial charge in [-0.1, -0.05) is 0 Å². The van der Waals surface area contributed by atoms with Crippen molar-refractivity contribution in [3.05, 3.63) is 45.7 Å². The van der Waals surface area contributed by atoms with Crippen LogP contribution in [0.5, 0.6) is 0 Å². The summed E-state index contributed by atoms with van der Waals surface area (Å²) in [5.41, 5.74) is 0.768. The van der Waals surface area contributed by atoms with Crippen molar-refractivity contribution in [2.75, 3.05) is 5.32 Å². The van der Waals surface area contributed by atoms with E-state index in [1.165, 1.54) is 4.68 Å². The van der Waals surface area contributed by atoms with Gasteiger partial charge in [-0.25, -0.2) is 8.78 Å². The van der Waals surface area contributed by atoms with Crippen LogP contribution >= 0.6 is 15.9 Å². The quantitative estimate of drug-likeness (QED) is 0.867. The molecule has 1 amide bonds. The maximum Gasteiger partial charge on any atom is 0.274 e. The highest BCUT2D eigenvalue weighted by atomic mass is 79.9. The average molecular weight is 344 g/mol. The van der Waals surface area contributed by atoms with E-state index in [1.807, 2.05) is 6.92 Å². The molecule has 20 heavy (non-hydrogen) atoms. The first-order chi connectivity index (χ1) is 9.42. The number of rotatable bonds is 3. The topological polar surface area (TPSA) is 46.9 Å². The number of nitrogens with zero attached hydrogens (tertiary/aromatic N) is 2. The predicted molar refractivity (Wildman–Crippen MR) is 74.6 cm³/mol. The molecule has 1 N–H and O–H groups in total. The van der Waals surface area contributed by atoms with Crippen LogP contribution in [0.1, 0.15) is 23.1 Å². The summed E-state index contributed by atoms with van der Waals surface area (Å²) < 4.78 is 28.5. The van der Waals surface area contributed by atoms with Gasteiger partial charge in [-0.3, -0.25) is 9.48 Å². The van der Waals surface area contributed by atoms with E-state index in [4.69, 9.17) is 0 Å². The van der Waals surface area contributed by atoms with Crippen LogP contribution in [-0.2, 0) is 6.54 Å². The lowest BCUT2D eigenvalue weighted by atomic mass is 10.2.